The normalized spacial score (nSPS) is 17.4. The molecule has 0 aliphatic carbocycles. The topological polar surface area (TPSA) is 118 Å². The van der Waals surface area contributed by atoms with Crippen LogP contribution in [0.2, 0.25) is 0 Å². The fourth-order valence-electron chi connectivity index (χ4n) is 4.94. The number of aliphatic imine (C=N–C) groups is 1. The van der Waals surface area contributed by atoms with Gasteiger partial charge in [0.25, 0.3) is 5.91 Å². The van der Waals surface area contributed by atoms with E-state index in [9.17, 15) is 9.59 Å². The molecule has 3 aromatic rings. The Morgan fingerprint density at radius 1 is 1.24 bits per heavy atom. The molecule has 2 aliphatic heterocycles. The molecule has 1 atom stereocenters. The molecule has 0 unspecified atom stereocenters. The third-order valence-electron chi connectivity index (χ3n) is 6.75. The van der Waals surface area contributed by atoms with Gasteiger partial charge in [-0.15, -0.1) is 0 Å². The zero-order valence-electron chi connectivity index (χ0n) is 20.7. The first-order valence-electron chi connectivity index (χ1n) is 12.3. The van der Waals surface area contributed by atoms with Gasteiger partial charge >= 0.3 is 0 Å². The van der Waals surface area contributed by atoms with Gasteiger partial charge < -0.3 is 16.0 Å². The molecule has 2 aromatic heterocycles. The van der Waals surface area contributed by atoms with Crippen LogP contribution >= 0.6 is 0 Å². The lowest BCUT2D eigenvalue weighted by molar-refractivity contribution is -0.129. The number of nitrogens with two attached hydrogens (primary N) is 1. The maximum Gasteiger partial charge on any atom is 0.256 e. The van der Waals surface area contributed by atoms with E-state index in [2.05, 4.69) is 21.9 Å². The minimum atomic E-state index is -0.227. The summed E-state index contributed by atoms with van der Waals surface area (Å²) in [5.41, 5.74) is 9.93. The van der Waals surface area contributed by atoms with Crippen LogP contribution in [0.5, 0.6) is 0 Å². The molecule has 1 aromatic carbocycles. The number of aromatic nitrogens is 3. The van der Waals surface area contributed by atoms with Crippen LogP contribution in [0.3, 0.4) is 0 Å². The van der Waals surface area contributed by atoms with E-state index in [-0.39, 0.29) is 17.9 Å². The quantitative estimate of drug-likeness (QED) is 0.528. The number of nitrogens with one attached hydrogen (secondary N) is 1. The fraction of sp³-hybridized carbons (Fsp3) is 0.250. The van der Waals surface area contributed by atoms with E-state index in [1.807, 2.05) is 52.8 Å². The summed E-state index contributed by atoms with van der Waals surface area (Å²) in [7, 11) is 0. The Bertz CT molecular complexity index is 1480. The van der Waals surface area contributed by atoms with E-state index < -0.39 is 0 Å². The zero-order valence-corrected chi connectivity index (χ0v) is 20.7. The molecule has 2 amide bonds. The van der Waals surface area contributed by atoms with Gasteiger partial charge in [0.05, 0.1) is 6.04 Å². The van der Waals surface area contributed by atoms with Crippen LogP contribution in [0, 0.1) is 6.92 Å². The molecular weight excluding hydrogens is 466 g/mol. The van der Waals surface area contributed by atoms with E-state index in [4.69, 9.17) is 10.7 Å². The zero-order chi connectivity index (χ0) is 25.9. The number of carbonyl (C=O) groups is 2. The van der Waals surface area contributed by atoms with Crippen molar-refractivity contribution < 1.29 is 9.59 Å². The molecule has 3 N–H and O–H groups in total. The highest BCUT2D eigenvalue weighted by Gasteiger charge is 2.31. The number of nitrogen functional groups attached to an aromatic ring is 1. The number of rotatable bonds is 4. The highest BCUT2D eigenvalue weighted by atomic mass is 16.2. The predicted molar refractivity (Wildman–Crippen MR) is 144 cm³/mol. The van der Waals surface area contributed by atoms with Crippen LogP contribution in [0.25, 0.3) is 16.8 Å². The molecule has 9 heteroatoms. The van der Waals surface area contributed by atoms with Crippen molar-refractivity contribution in [3.63, 3.8) is 0 Å². The van der Waals surface area contributed by atoms with Crippen molar-refractivity contribution in [2.75, 3.05) is 12.3 Å². The SMILES string of the molecule is C=CC(=O)N1CCCC[C@H]1c1nc(-c2ccc(C(=O)NC3=NC=CC=CC3)cc2C)c2c(N)nccn12. The Balaban J connectivity index is 1.53. The van der Waals surface area contributed by atoms with Crippen LogP contribution in [-0.2, 0) is 4.79 Å². The van der Waals surface area contributed by atoms with Crippen molar-refractivity contribution >= 4 is 29.0 Å². The third kappa shape index (κ3) is 4.67. The summed E-state index contributed by atoms with van der Waals surface area (Å²) >= 11 is 0. The number of benzene rings is 1. The molecule has 188 valence electrons. The number of hydrogen-bond donors (Lipinski definition) is 2. The fourth-order valence-corrected chi connectivity index (χ4v) is 4.94. The maximum absolute atomic E-state index is 12.9. The summed E-state index contributed by atoms with van der Waals surface area (Å²) in [6, 6.07) is 5.28. The molecule has 2 aliphatic rings. The van der Waals surface area contributed by atoms with Gasteiger partial charge in [-0.25, -0.2) is 15.0 Å². The molecule has 0 spiro atoms. The van der Waals surface area contributed by atoms with Gasteiger partial charge in [0.1, 0.15) is 28.7 Å². The number of carbonyl (C=O) groups excluding carboxylic acids is 2. The van der Waals surface area contributed by atoms with Crippen molar-refractivity contribution in [2.24, 2.45) is 4.99 Å². The molecule has 1 fully saturated rings. The first kappa shape index (κ1) is 24.2. The van der Waals surface area contributed by atoms with E-state index in [0.717, 1.165) is 36.2 Å². The van der Waals surface area contributed by atoms with Gasteiger partial charge in [-0.05, 0) is 56.0 Å². The average molecular weight is 496 g/mol. The number of nitrogens with zero attached hydrogens (tertiary/aromatic N) is 5. The largest absolute Gasteiger partial charge is 0.382 e. The second-order valence-electron chi connectivity index (χ2n) is 9.13. The van der Waals surface area contributed by atoms with Crippen LogP contribution in [0.1, 0.15) is 53.5 Å². The van der Waals surface area contributed by atoms with Crippen LogP contribution in [-0.4, -0.2) is 43.5 Å². The van der Waals surface area contributed by atoms with E-state index in [0.29, 0.717) is 41.4 Å². The van der Waals surface area contributed by atoms with E-state index in [1.165, 1.54) is 6.08 Å². The van der Waals surface area contributed by atoms with Gasteiger partial charge in [0.2, 0.25) is 5.91 Å². The lowest BCUT2D eigenvalue weighted by Gasteiger charge is -2.34. The van der Waals surface area contributed by atoms with E-state index >= 15 is 0 Å². The smallest absolute Gasteiger partial charge is 0.256 e. The number of fused-ring (bicyclic) bond motifs is 1. The number of likely N-dealkylation sites (tertiary alicyclic amines) is 1. The summed E-state index contributed by atoms with van der Waals surface area (Å²) < 4.78 is 1.93. The molecule has 5 rings (SSSR count). The van der Waals surface area contributed by atoms with Crippen LogP contribution < -0.4 is 11.1 Å². The summed E-state index contributed by atoms with van der Waals surface area (Å²) in [6.07, 6.45) is 15.4. The summed E-state index contributed by atoms with van der Waals surface area (Å²) in [5, 5.41) is 2.88. The highest BCUT2D eigenvalue weighted by molar-refractivity contribution is 6.07. The first-order valence-corrected chi connectivity index (χ1v) is 12.3. The van der Waals surface area contributed by atoms with Crippen LogP contribution in [0.15, 0.2) is 72.7 Å². The number of piperidine rings is 1. The number of imidazole rings is 1. The first-order chi connectivity index (χ1) is 18.0. The predicted octanol–water partition coefficient (Wildman–Crippen LogP) is 4.13. The van der Waals surface area contributed by atoms with Gasteiger partial charge in [0.15, 0.2) is 0 Å². The van der Waals surface area contributed by atoms with Crippen molar-refractivity contribution in [1.29, 1.82) is 0 Å². The van der Waals surface area contributed by atoms with Gasteiger partial charge in [0, 0.05) is 42.7 Å². The lowest BCUT2D eigenvalue weighted by Crippen LogP contribution is -2.38. The van der Waals surface area contributed by atoms with Crippen molar-refractivity contribution in [2.45, 2.75) is 38.6 Å². The lowest BCUT2D eigenvalue weighted by atomic mass is 10.0. The monoisotopic (exact) mass is 495 g/mol. The van der Waals surface area contributed by atoms with Crippen molar-refractivity contribution in [3.8, 4) is 11.3 Å². The number of allylic oxidation sites excluding steroid dienone is 2. The average Bonchev–Trinajstić information content (AvgIpc) is 3.11. The van der Waals surface area contributed by atoms with Crippen molar-refractivity contribution in [1.82, 2.24) is 24.6 Å². The Morgan fingerprint density at radius 3 is 2.92 bits per heavy atom. The Hall–Kier alpha value is -4.53. The van der Waals surface area contributed by atoms with Crippen molar-refractivity contribution in [3.05, 3.63) is 84.6 Å². The summed E-state index contributed by atoms with van der Waals surface area (Å²) in [4.78, 5) is 40.9. The number of amides is 2. The minimum Gasteiger partial charge on any atom is -0.382 e. The molecule has 0 radical (unpaired) electrons. The maximum atomic E-state index is 12.9. The number of aryl methyl sites for hydroxylation is 1. The molecule has 9 nitrogen and oxygen atoms in total. The Labute approximate surface area is 215 Å². The molecule has 37 heavy (non-hydrogen) atoms. The minimum absolute atomic E-state index is 0.110. The molecular formula is C28H29N7O2. The number of hydrogen-bond acceptors (Lipinski definition) is 6. The van der Waals surface area contributed by atoms with Gasteiger partial charge in [-0.1, -0.05) is 24.8 Å². The molecule has 0 bridgehead atoms. The standard InChI is InChI=1S/C28H29N7O2/c1-3-23(36)34-15-8-6-9-21(34)27-33-24(25-26(29)31-14-16-35(25)27)20-12-11-19(17-18(20)2)28(37)32-22-10-5-4-7-13-30-22/h3-5,7,11-14,16-17,21H,1,6,8-10,15H2,2H3,(H2,29,31)(H,30,32,37)/t21-/m0/s1. The van der Waals surface area contributed by atoms with Gasteiger partial charge in [-0.2, -0.15) is 0 Å². The van der Waals surface area contributed by atoms with Gasteiger partial charge in [-0.3, -0.25) is 14.0 Å². The summed E-state index contributed by atoms with van der Waals surface area (Å²) in [5.74, 6) is 1.34. The highest BCUT2D eigenvalue weighted by Crippen LogP contribution is 2.37. The molecule has 0 saturated carbocycles. The number of amidine groups is 1. The summed E-state index contributed by atoms with van der Waals surface area (Å²) in [6.45, 7) is 6.26. The second kappa shape index (κ2) is 10.2. The molecule has 1 saturated heterocycles. The Kier molecular flexibility index (Phi) is 6.68. The number of anilines is 1. The van der Waals surface area contributed by atoms with E-state index in [1.54, 1.807) is 18.5 Å². The Morgan fingerprint density at radius 2 is 2.11 bits per heavy atom. The second-order valence-corrected chi connectivity index (χ2v) is 9.13. The third-order valence-corrected chi connectivity index (χ3v) is 6.75. The van der Waals surface area contributed by atoms with Crippen LogP contribution in [0.4, 0.5) is 5.82 Å². The molecule has 4 heterocycles.